The Morgan fingerprint density at radius 3 is 1.87 bits per heavy atom. The highest BCUT2D eigenvalue weighted by Crippen LogP contribution is 2.07. The van der Waals surface area contributed by atoms with Crippen LogP contribution in [-0.4, -0.2) is 56.6 Å². The van der Waals surface area contributed by atoms with E-state index in [1.165, 1.54) is 25.7 Å². The third-order valence-corrected chi connectivity index (χ3v) is 3.63. The lowest BCUT2D eigenvalue weighted by Gasteiger charge is -2.07. The van der Waals surface area contributed by atoms with Crippen molar-refractivity contribution >= 4 is 28.6 Å². The summed E-state index contributed by atoms with van der Waals surface area (Å²) in [5.74, 6) is -0.118. The maximum absolute atomic E-state index is 11.5. The topological polar surface area (TPSA) is 54.0 Å². The van der Waals surface area contributed by atoms with Crippen molar-refractivity contribution in [3.05, 3.63) is 0 Å². The van der Waals surface area contributed by atoms with E-state index in [-0.39, 0.29) is 5.97 Å². The molecule has 0 atom stereocenters. The summed E-state index contributed by atoms with van der Waals surface area (Å²) in [6.07, 6.45) is 7.59. The minimum absolute atomic E-state index is 0.118. The summed E-state index contributed by atoms with van der Waals surface area (Å²) in [5, 5.41) is 0. The second-order valence-corrected chi connectivity index (χ2v) is 6.34. The van der Waals surface area contributed by atoms with Crippen molar-refractivity contribution < 1.29 is 23.7 Å². The lowest BCUT2D eigenvalue weighted by molar-refractivity contribution is -0.145. The van der Waals surface area contributed by atoms with Crippen molar-refractivity contribution in [2.45, 2.75) is 51.9 Å². The van der Waals surface area contributed by atoms with Gasteiger partial charge in [-0.25, -0.2) is 0 Å². The van der Waals surface area contributed by atoms with Crippen LogP contribution < -0.4 is 0 Å². The average Bonchev–Trinajstić information content (AvgIpc) is 2.56. The summed E-state index contributed by atoms with van der Waals surface area (Å²) in [6.45, 7) is 6.00. The molecule has 0 aromatic carbocycles. The van der Waals surface area contributed by atoms with Gasteiger partial charge in [0.15, 0.2) is 0 Å². The van der Waals surface area contributed by atoms with Crippen molar-refractivity contribution in [3.63, 3.8) is 0 Å². The number of halogens is 1. The number of alkyl halides is 1. The van der Waals surface area contributed by atoms with E-state index in [2.05, 4.69) is 29.5 Å². The normalized spacial score (nSPS) is 10.9. The predicted octanol–water partition coefficient (Wildman–Crippen LogP) is 3.77. The summed E-state index contributed by atoms with van der Waals surface area (Å²) < 4.78 is 22.1. The van der Waals surface area contributed by atoms with Crippen LogP contribution in [0.25, 0.3) is 0 Å². The number of hydrogen-bond donors (Lipinski definition) is 0. The summed E-state index contributed by atoms with van der Waals surface area (Å²) in [7, 11) is 0. The number of unbranched alkanes of at least 4 members (excludes halogenated alkanes) is 5. The van der Waals surface area contributed by atoms with Gasteiger partial charge in [0.25, 0.3) is 0 Å². The standard InChI is InChI=1S/C17H33IO5/c1-2-3-4-5-6-7-8-17(19)23-16-15-22-14-13-21-12-11-20-10-9-18/h2-16H2,1H3. The van der Waals surface area contributed by atoms with Gasteiger partial charge in [0.05, 0.1) is 39.6 Å². The molecule has 0 aliphatic carbocycles. The molecule has 0 N–H and O–H groups in total. The lowest BCUT2D eigenvalue weighted by atomic mass is 10.1. The molecular weight excluding hydrogens is 411 g/mol. The van der Waals surface area contributed by atoms with Gasteiger partial charge in [0.1, 0.15) is 6.61 Å². The molecule has 5 nitrogen and oxygen atoms in total. The van der Waals surface area contributed by atoms with Crippen molar-refractivity contribution in [1.82, 2.24) is 0 Å². The second kappa shape index (κ2) is 20.1. The fourth-order valence-electron chi connectivity index (χ4n) is 1.93. The van der Waals surface area contributed by atoms with Gasteiger partial charge < -0.3 is 18.9 Å². The molecule has 0 rings (SSSR count). The first-order chi connectivity index (χ1) is 11.3. The van der Waals surface area contributed by atoms with Crippen LogP contribution in [0.4, 0.5) is 0 Å². The third kappa shape index (κ3) is 20.0. The number of ether oxygens (including phenoxy) is 4. The molecule has 23 heavy (non-hydrogen) atoms. The van der Waals surface area contributed by atoms with Gasteiger partial charge in [-0.1, -0.05) is 61.6 Å². The lowest BCUT2D eigenvalue weighted by Crippen LogP contribution is -2.14. The number of esters is 1. The first kappa shape index (κ1) is 23.1. The molecule has 138 valence electrons. The molecule has 0 aliphatic rings. The fourth-order valence-corrected chi connectivity index (χ4v) is 2.24. The highest BCUT2D eigenvalue weighted by Gasteiger charge is 2.02. The molecule has 0 aromatic heterocycles. The Balaban J connectivity index is 3.11. The monoisotopic (exact) mass is 444 g/mol. The highest BCUT2D eigenvalue weighted by atomic mass is 127. The van der Waals surface area contributed by atoms with Gasteiger partial charge in [-0.15, -0.1) is 0 Å². The Bertz CT molecular complexity index is 251. The molecule has 0 aromatic rings. The molecule has 0 fully saturated rings. The molecule has 0 amide bonds. The molecule has 6 heteroatoms. The minimum atomic E-state index is -0.118. The predicted molar refractivity (Wildman–Crippen MR) is 100 cm³/mol. The molecule has 0 aliphatic heterocycles. The van der Waals surface area contributed by atoms with Crippen LogP contribution in [0.2, 0.25) is 0 Å². The zero-order valence-electron chi connectivity index (χ0n) is 14.5. The Hall–Kier alpha value is 0.0800. The Kier molecular flexibility index (Phi) is 20.2. The van der Waals surface area contributed by atoms with E-state index in [4.69, 9.17) is 18.9 Å². The van der Waals surface area contributed by atoms with Crippen LogP contribution >= 0.6 is 22.6 Å². The van der Waals surface area contributed by atoms with Gasteiger partial charge in [0.2, 0.25) is 0 Å². The largest absolute Gasteiger partial charge is 0.463 e. The molecule has 0 heterocycles. The maximum Gasteiger partial charge on any atom is 0.305 e. The Morgan fingerprint density at radius 1 is 0.739 bits per heavy atom. The van der Waals surface area contributed by atoms with Gasteiger partial charge in [0, 0.05) is 10.8 Å². The van der Waals surface area contributed by atoms with Gasteiger partial charge in [-0.05, 0) is 6.42 Å². The molecule has 0 unspecified atom stereocenters. The molecule has 0 radical (unpaired) electrons. The summed E-state index contributed by atoms with van der Waals surface area (Å²) in [5.41, 5.74) is 0. The zero-order chi connectivity index (χ0) is 17.0. The third-order valence-electron chi connectivity index (χ3n) is 3.19. The van der Waals surface area contributed by atoms with Crippen LogP contribution in [0.3, 0.4) is 0 Å². The second-order valence-electron chi connectivity index (χ2n) is 5.26. The van der Waals surface area contributed by atoms with Crippen LogP contribution in [0, 0.1) is 0 Å². The average molecular weight is 444 g/mol. The fraction of sp³-hybridized carbons (Fsp3) is 0.941. The number of carbonyl (C=O) groups excluding carboxylic acids is 1. The number of carbonyl (C=O) groups is 1. The molecule has 0 saturated carbocycles. The Morgan fingerprint density at radius 2 is 1.26 bits per heavy atom. The van der Waals surface area contributed by atoms with Crippen molar-refractivity contribution in [2.24, 2.45) is 0 Å². The highest BCUT2D eigenvalue weighted by molar-refractivity contribution is 14.1. The molecule has 0 bridgehead atoms. The first-order valence-electron chi connectivity index (χ1n) is 8.76. The van der Waals surface area contributed by atoms with E-state index in [0.29, 0.717) is 46.1 Å². The molecule has 0 saturated heterocycles. The van der Waals surface area contributed by atoms with Crippen LogP contribution in [-0.2, 0) is 23.7 Å². The van der Waals surface area contributed by atoms with E-state index >= 15 is 0 Å². The number of rotatable bonds is 18. The smallest absolute Gasteiger partial charge is 0.305 e. The van der Waals surface area contributed by atoms with E-state index in [0.717, 1.165) is 23.9 Å². The van der Waals surface area contributed by atoms with E-state index in [9.17, 15) is 4.79 Å². The van der Waals surface area contributed by atoms with Crippen molar-refractivity contribution in [3.8, 4) is 0 Å². The number of hydrogen-bond acceptors (Lipinski definition) is 5. The first-order valence-corrected chi connectivity index (χ1v) is 10.3. The van der Waals surface area contributed by atoms with Crippen molar-refractivity contribution in [2.75, 3.05) is 50.7 Å². The SMILES string of the molecule is CCCCCCCCC(=O)OCCOCCOCCOCCI. The zero-order valence-corrected chi connectivity index (χ0v) is 16.7. The summed E-state index contributed by atoms with van der Waals surface area (Å²) in [6, 6.07) is 0. The summed E-state index contributed by atoms with van der Waals surface area (Å²) >= 11 is 2.27. The van der Waals surface area contributed by atoms with E-state index in [1.807, 2.05) is 0 Å². The summed E-state index contributed by atoms with van der Waals surface area (Å²) in [4.78, 5) is 11.5. The van der Waals surface area contributed by atoms with Crippen LogP contribution in [0.1, 0.15) is 51.9 Å². The Labute approximate surface area is 154 Å². The van der Waals surface area contributed by atoms with Gasteiger partial charge in [-0.3, -0.25) is 4.79 Å². The van der Waals surface area contributed by atoms with Crippen molar-refractivity contribution in [1.29, 1.82) is 0 Å². The minimum Gasteiger partial charge on any atom is -0.463 e. The maximum atomic E-state index is 11.5. The van der Waals surface area contributed by atoms with Gasteiger partial charge >= 0.3 is 5.97 Å². The molecule has 0 spiro atoms. The quantitative estimate of drug-likeness (QED) is 0.140. The van der Waals surface area contributed by atoms with Gasteiger partial charge in [-0.2, -0.15) is 0 Å². The van der Waals surface area contributed by atoms with E-state index in [1.54, 1.807) is 0 Å². The molecular formula is C17H33IO5. The van der Waals surface area contributed by atoms with Crippen LogP contribution in [0.5, 0.6) is 0 Å². The van der Waals surface area contributed by atoms with E-state index < -0.39 is 0 Å². The van der Waals surface area contributed by atoms with Crippen LogP contribution in [0.15, 0.2) is 0 Å².